The molecule has 5 nitrogen and oxygen atoms in total. The first kappa shape index (κ1) is 18.0. The van der Waals surface area contributed by atoms with E-state index in [-0.39, 0.29) is 24.4 Å². The number of benzene rings is 2. The average molecular weight is 352 g/mol. The zero-order valence-corrected chi connectivity index (χ0v) is 15.4. The highest BCUT2D eigenvalue weighted by Gasteiger charge is 2.34. The molecule has 136 valence electrons. The van der Waals surface area contributed by atoms with E-state index in [1.807, 2.05) is 57.2 Å². The fourth-order valence-electron chi connectivity index (χ4n) is 3.25. The van der Waals surface area contributed by atoms with Crippen LogP contribution in [0.25, 0.3) is 0 Å². The van der Waals surface area contributed by atoms with Crippen LogP contribution in [0.4, 0.5) is 5.69 Å². The highest BCUT2D eigenvalue weighted by molar-refractivity contribution is 6.03. The third kappa shape index (κ3) is 3.57. The Balaban J connectivity index is 1.82. The number of nitrogens with zero attached hydrogens (tertiary/aromatic N) is 2. The number of piperazine rings is 1. The summed E-state index contributed by atoms with van der Waals surface area (Å²) in [6, 6.07) is 15.0. The summed E-state index contributed by atoms with van der Waals surface area (Å²) in [5.41, 5.74) is 2.48. The van der Waals surface area contributed by atoms with Crippen molar-refractivity contribution < 1.29 is 14.3 Å². The molecule has 1 atom stereocenters. The van der Waals surface area contributed by atoms with E-state index in [1.54, 1.807) is 21.9 Å². The second-order valence-electron chi connectivity index (χ2n) is 6.55. The van der Waals surface area contributed by atoms with Gasteiger partial charge in [0.05, 0.1) is 12.2 Å². The number of aryl methyl sites for hydroxylation is 1. The maximum absolute atomic E-state index is 13.0. The van der Waals surface area contributed by atoms with Gasteiger partial charge in [0, 0.05) is 18.3 Å². The van der Waals surface area contributed by atoms with E-state index in [4.69, 9.17) is 4.74 Å². The molecule has 2 amide bonds. The van der Waals surface area contributed by atoms with Crippen LogP contribution in [0.1, 0.15) is 29.8 Å². The van der Waals surface area contributed by atoms with Crippen LogP contribution in [0, 0.1) is 6.92 Å². The van der Waals surface area contributed by atoms with Crippen molar-refractivity contribution in [1.82, 2.24) is 4.90 Å². The second kappa shape index (κ2) is 7.60. The lowest BCUT2D eigenvalue weighted by Gasteiger charge is -2.39. The molecule has 2 aromatic carbocycles. The first-order chi connectivity index (χ1) is 12.5. The van der Waals surface area contributed by atoms with Gasteiger partial charge in [-0.1, -0.05) is 24.3 Å². The predicted molar refractivity (Wildman–Crippen MR) is 102 cm³/mol. The minimum absolute atomic E-state index is 0.0639. The summed E-state index contributed by atoms with van der Waals surface area (Å²) in [6.45, 7) is 6.88. The van der Waals surface area contributed by atoms with Gasteiger partial charge in [0.2, 0.25) is 5.91 Å². The summed E-state index contributed by atoms with van der Waals surface area (Å²) in [6.07, 6.45) is 0. The van der Waals surface area contributed by atoms with Crippen molar-refractivity contribution in [3.05, 3.63) is 59.7 Å². The molecule has 1 unspecified atom stereocenters. The Morgan fingerprint density at radius 3 is 2.69 bits per heavy atom. The van der Waals surface area contributed by atoms with Crippen molar-refractivity contribution in [1.29, 1.82) is 0 Å². The molecular formula is C21H24N2O3. The molecule has 0 aromatic heterocycles. The first-order valence-electron chi connectivity index (χ1n) is 8.91. The summed E-state index contributed by atoms with van der Waals surface area (Å²) in [5.74, 6) is 0.315. The van der Waals surface area contributed by atoms with Gasteiger partial charge in [0.1, 0.15) is 12.3 Å². The van der Waals surface area contributed by atoms with Crippen LogP contribution in [-0.2, 0) is 4.79 Å². The van der Waals surface area contributed by atoms with E-state index in [2.05, 4.69) is 0 Å². The molecule has 5 heteroatoms. The van der Waals surface area contributed by atoms with E-state index in [0.717, 1.165) is 11.3 Å². The molecule has 0 spiro atoms. The van der Waals surface area contributed by atoms with E-state index in [0.29, 0.717) is 24.5 Å². The van der Waals surface area contributed by atoms with Crippen LogP contribution in [0.2, 0.25) is 0 Å². The number of ether oxygens (including phenoxy) is 1. The molecule has 1 saturated heterocycles. The van der Waals surface area contributed by atoms with Gasteiger partial charge >= 0.3 is 0 Å². The Hall–Kier alpha value is -2.82. The Kier molecular flexibility index (Phi) is 5.26. The summed E-state index contributed by atoms with van der Waals surface area (Å²) < 4.78 is 5.57. The number of rotatable bonds is 4. The number of hydrogen-bond donors (Lipinski definition) is 0. The molecule has 0 aliphatic carbocycles. The molecular weight excluding hydrogens is 328 g/mol. The fraction of sp³-hybridized carbons (Fsp3) is 0.333. The normalized spacial score (nSPS) is 17.3. The van der Waals surface area contributed by atoms with E-state index in [1.165, 1.54) is 0 Å². The Labute approximate surface area is 154 Å². The van der Waals surface area contributed by atoms with Gasteiger partial charge in [-0.3, -0.25) is 9.59 Å². The summed E-state index contributed by atoms with van der Waals surface area (Å²) >= 11 is 0. The fourth-order valence-corrected chi connectivity index (χ4v) is 3.25. The van der Waals surface area contributed by atoms with Crippen molar-refractivity contribution in [2.45, 2.75) is 26.8 Å². The van der Waals surface area contributed by atoms with Crippen LogP contribution >= 0.6 is 0 Å². The van der Waals surface area contributed by atoms with E-state index < -0.39 is 0 Å². The van der Waals surface area contributed by atoms with E-state index >= 15 is 0 Å². The number of anilines is 1. The topological polar surface area (TPSA) is 49.9 Å². The molecule has 1 aliphatic rings. The van der Waals surface area contributed by atoms with Crippen LogP contribution in [0.5, 0.6) is 5.75 Å². The molecule has 1 aliphatic heterocycles. The maximum atomic E-state index is 13.0. The highest BCUT2D eigenvalue weighted by atomic mass is 16.5. The molecule has 0 radical (unpaired) electrons. The smallest absolute Gasteiger partial charge is 0.258 e. The molecule has 2 aromatic rings. The quantitative estimate of drug-likeness (QED) is 0.848. The van der Waals surface area contributed by atoms with Gasteiger partial charge in [-0.25, -0.2) is 0 Å². The van der Waals surface area contributed by atoms with Gasteiger partial charge in [-0.05, 0) is 50.6 Å². The van der Waals surface area contributed by atoms with Crippen molar-refractivity contribution in [3.63, 3.8) is 0 Å². The number of para-hydroxylation sites is 1. The van der Waals surface area contributed by atoms with Crippen LogP contribution in [0.15, 0.2) is 48.5 Å². The standard InChI is InChI=1S/C21H24N2O3/c1-4-26-19-11-6-5-10-18(19)21(25)22-14-20(24)23(13-16(22)3)17-9-7-8-15(2)12-17/h5-12,16H,4,13-14H2,1-3H3. The Morgan fingerprint density at radius 2 is 1.96 bits per heavy atom. The Morgan fingerprint density at radius 1 is 1.19 bits per heavy atom. The molecule has 26 heavy (non-hydrogen) atoms. The number of carbonyl (C=O) groups is 2. The average Bonchev–Trinajstić information content (AvgIpc) is 2.63. The number of hydrogen-bond acceptors (Lipinski definition) is 3. The van der Waals surface area contributed by atoms with Crippen molar-refractivity contribution in [2.75, 3.05) is 24.6 Å². The summed E-state index contributed by atoms with van der Waals surface area (Å²) in [7, 11) is 0. The molecule has 0 bridgehead atoms. The minimum atomic E-state index is -0.168. The van der Waals surface area contributed by atoms with Gasteiger partial charge in [0.25, 0.3) is 5.91 Å². The van der Waals surface area contributed by atoms with Crippen molar-refractivity contribution in [3.8, 4) is 5.75 Å². The largest absolute Gasteiger partial charge is 0.493 e. The van der Waals surface area contributed by atoms with Gasteiger partial charge in [0.15, 0.2) is 0 Å². The molecule has 3 rings (SSSR count). The SMILES string of the molecule is CCOc1ccccc1C(=O)N1CC(=O)N(c2cccc(C)c2)CC1C. The lowest BCUT2D eigenvalue weighted by Crippen LogP contribution is -2.57. The highest BCUT2D eigenvalue weighted by Crippen LogP contribution is 2.25. The molecule has 0 N–H and O–H groups in total. The number of amides is 2. The zero-order valence-electron chi connectivity index (χ0n) is 15.4. The van der Waals surface area contributed by atoms with Gasteiger partial charge in [-0.2, -0.15) is 0 Å². The molecule has 0 saturated carbocycles. The van der Waals surface area contributed by atoms with Crippen molar-refractivity contribution in [2.24, 2.45) is 0 Å². The van der Waals surface area contributed by atoms with E-state index in [9.17, 15) is 9.59 Å². The lowest BCUT2D eigenvalue weighted by molar-refractivity contribution is -0.121. The number of carbonyl (C=O) groups excluding carboxylic acids is 2. The van der Waals surface area contributed by atoms with Crippen molar-refractivity contribution >= 4 is 17.5 Å². The van der Waals surface area contributed by atoms with Crippen LogP contribution in [0.3, 0.4) is 0 Å². The first-order valence-corrected chi connectivity index (χ1v) is 8.91. The zero-order chi connectivity index (χ0) is 18.7. The minimum Gasteiger partial charge on any atom is -0.493 e. The lowest BCUT2D eigenvalue weighted by atomic mass is 10.1. The monoisotopic (exact) mass is 352 g/mol. The van der Waals surface area contributed by atoms with Crippen LogP contribution < -0.4 is 9.64 Å². The third-order valence-electron chi connectivity index (χ3n) is 4.58. The van der Waals surface area contributed by atoms with Gasteiger partial charge in [-0.15, -0.1) is 0 Å². The Bertz CT molecular complexity index is 818. The van der Waals surface area contributed by atoms with Crippen LogP contribution in [-0.4, -0.2) is 42.5 Å². The second-order valence-corrected chi connectivity index (χ2v) is 6.55. The summed E-state index contributed by atoms with van der Waals surface area (Å²) in [4.78, 5) is 29.1. The molecule has 1 heterocycles. The molecule has 1 fully saturated rings. The van der Waals surface area contributed by atoms with Gasteiger partial charge < -0.3 is 14.5 Å². The third-order valence-corrected chi connectivity index (χ3v) is 4.58. The summed E-state index contributed by atoms with van der Waals surface area (Å²) in [5, 5.41) is 0. The predicted octanol–water partition coefficient (Wildman–Crippen LogP) is 3.27. The maximum Gasteiger partial charge on any atom is 0.258 e.